The minimum absolute atomic E-state index is 0.289. The van der Waals surface area contributed by atoms with Crippen LogP contribution in [0.15, 0.2) is 36.4 Å². The molecule has 0 aliphatic heterocycles. The topological polar surface area (TPSA) is 55.0 Å². The number of esters is 1. The van der Waals surface area contributed by atoms with E-state index >= 15 is 0 Å². The van der Waals surface area contributed by atoms with Crippen LogP contribution in [0, 0.1) is 12.7 Å². The van der Waals surface area contributed by atoms with Crippen LogP contribution in [0.2, 0.25) is 0 Å². The third-order valence-corrected chi connectivity index (χ3v) is 3.36. The van der Waals surface area contributed by atoms with Gasteiger partial charge in [-0.25, -0.2) is 14.2 Å². The molecular formula is C16H13FN2O2. The van der Waals surface area contributed by atoms with Gasteiger partial charge in [0.1, 0.15) is 17.2 Å². The number of para-hydroxylation sites is 1. The first-order valence-electron chi connectivity index (χ1n) is 6.43. The third-order valence-electron chi connectivity index (χ3n) is 3.36. The minimum atomic E-state index is -0.436. The molecule has 0 amide bonds. The molecule has 0 aliphatic carbocycles. The first-order valence-corrected chi connectivity index (χ1v) is 6.43. The largest absolute Gasteiger partial charge is 0.465 e. The second kappa shape index (κ2) is 5.01. The van der Waals surface area contributed by atoms with Crippen molar-refractivity contribution >= 4 is 17.0 Å². The van der Waals surface area contributed by atoms with Crippen molar-refractivity contribution in [3.63, 3.8) is 0 Å². The summed E-state index contributed by atoms with van der Waals surface area (Å²) in [4.78, 5) is 19.4. The number of nitrogens with zero attached hydrogens (tertiary/aromatic N) is 1. The normalized spacial score (nSPS) is 10.8. The zero-order valence-corrected chi connectivity index (χ0v) is 11.6. The number of ether oxygens (including phenoxy) is 1. The molecule has 0 fully saturated rings. The van der Waals surface area contributed by atoms with Crippen LogP contribution in [0.25, 0.3) is 22.4 Å². The van der Waals surface area contributed by atoms with Crippen LogP contribution in [-0.4, -0.2) is 23.0 Å². The van der Waals surface area contributed by atoms with Gasteiger partial charge in [0, 0.05) is 5.56 Å². The summed E-state index contributed by atoms with van der Waals surface area (Å²) in [5.41, 5.74) is 3.24. The molecule has 5 heteroatoms. The number of benzene rings is 2. The third kappa shape index (κ3) is 2.27. The number of aromatic nitrogens is 2. The molecule has 106 valence electrons. The van der Waals surface area contributed by atoms with Crippen molar-refractivity contribution in [3.05, 3.63) is 53.3 Å². The Balaban J connectivity index is 2.19. The number of aryl methyl sites for hydroxylation is 1. The van der Waals surface area contributed by atoms with E-state index in [0.717, 1.165) is 16.6 Å². The van der Waals surface area contributed by atoms with Gasteiger partial charge in [-0.05, 0) is 42.8 Å². The highest BCUT2D eigenvalue weighted by atomic mass is 19.1. The Kier molecular flexibility index (Phi) is 3.17. The Morgan fingerprint density at radius 3 is 2.81 bits per heavy atom. The molecule has 1 heterocycles. The number of aromatic amines is 1. The fourth-order valence-corrected chi connectivity index (χ4v) is 2.33. The van der Waals surface area contributed by atoms with E-state index in [1.165, 1.54) is 19.2 Å². The molecule has 1 N–H and O–H groups in total. The highest BCUT2D eigenvalue weighted by Crippen LogP contribution is 2.26. The summed E-state index contributed by atoms with van der Waals surface area (Å²) in [6.07, 6.45) is 0. The molecule has 2 aromatic carbocycles. The summed E-state index contributed by atoms with van der Waals surface area (Å²) in [5, 5.41) is 0. The molecule has 0 saturated heterocycles. The van der Waals surface area contributed by atoms with E-state index in [1.807, 2.05) is 13.0 Å². The van der Waals surface area contributed by atoms with Gasteiger partial charge in [0.15, 0.2) is 0 Å². The van der Waals surface area contributed by atoms with Gasteiger partial charge < -0.3 is 9.72 Å². The van der Waals surface area contributed by atoms with Gasteiger partial charge in [0.2, 0.25) is 0 Å². The zero-order chi connectivity index (χ0) is 15.0. The summed E-state index contributed by atoms with van der Waals surface area (Å²) < 4.78 is 17.9. The van der Waals surface area contributed by atoms with Gasteiger partial charge in [-0.2, -0.15) is 0 Å². The second-order valence-corrected chi connectivity index (χ2v) is 4.74. The van der Waals surface area contributed by atoms with Crippen LogP contribution >= 0.6 is 0 Å². The van der Waals surface area contributed by atoms with Crippen molar-refractivity contribution in [3.8, 4) is 11.4 Å². The number of rotatable bonds is 2. The van der Waals surface area contributed by atoms with Gasteiger partial charge in [0.05, 0.1) is 18.2 Å². The Morgan fingerprint density at radius 1 is 1.29 bits per heavy atom. The SMILES string of the molecule is COC(=O)c1cccc2[nH]c(-c3ccc(F)cc3C)nc12. The number of hydrogen-bond donors (Lipinski definition) is 1. The summed E-state index contributed by atoms with van der Waals surface area (Å²) in [6, 6.07) is 9.75. The van der Waals surface area contributed by atoms with E-state index in [1.54, 1.807) is 18.2 Å². The minimum Gasteiger partial charge on any atom is -0.465 e. The summed E-state index contributed by atoms with van der Waals surface area (Å²) in [5.74, 6) is -0.129. The number of carbonyl (C=O) groups is 1. The summed E-state index contributed by atoms with van der Waals surface area (Å²) in [7, 11) is 1.33. The van der Waals surface area contributed by atoms with E-state index in [-0.39, 0.29) is 5.82 Å². The van der Waals surface area contributed by atoms with Gasteiger partial charge in [-0.3, -0.25) is 0 Å². The fourth-order valence-electron chi connectivity index (χ4n) is 2.33. The highest BCUT2D eigenvalue weighted by molar-refractivity contribution is 6.02. The number of halogens is 1. The lowest BCUT2D eigenvalue weighted by Crippen LogP contribution is -2.01. The quantitative estimate of drug-likeness (QED) is 0.733. The lowest BCUT2D eigenvalue weighted by molar-refractivity contribution is 0.0603. The zero-order valence-electron chi connectivity index (χ0n) is 11.6. The van der Waals surface area contributed by atoms with Crippen LogP contribution in [-0.2, 0) is 4.74 Å². The molecular weight excluding hydrogens is 271 g/mol. The first kappa shape index (κ1) is 13.3. The lowest BCUT2D eigenvalue weighted by atomic mass is 10.1. The van der Waals surface area contributed by atoms with Crippen LogP contribution in [0.5, 0.6) is 0 Å². The van der Waals surface area contributed by atoms with Crippen molar-refractivity contribution in [2.45, 2.75) is 6.92 Å². The molecule has 3 rings (SSSR count). The van der Waals surface area contributed by atoms with Crippen LogP contribution in [0.1, 0.15) is 15.9 Å². The van der Waals surface area contributed by atoms with Crippen LogP contribution in [0.3, 0.4) is 0 Å². The highest BCUT2D eigenvalue weighted by Gasteiger charge is 2.15. The Bertz CT molecular complexity index is 839. The van der Waals surface area contributed by atoms with Crippen LogP contribution in [0.4, 0.5) is 4.39 Å². The van der Waals surface area contributed by atoms with Crippen molar-refractivity contribution in [1.29, 1.82) is 0 Å². The standard InChI is InChI=1S/C16H13FN2O2/c1-9-8-10(17)6-7-11(9)15-18-13-5-3-4-12(14(13)19-15)16(20)21-2/h3-8H,1-2H3,(H,18,19). The number of carbonyl (C=O) groups excluding carboxylic acids is 1. The van der Waals surface area contributed by atoms with Crippen molar-refractivity contribution < 1.29 is 13.9 Å². The number of nitrogens with one attached hydrogen (secondary N) is 1. The molecule has 1 aromatic heterocycles. The van der Waals surface area contributed by atoms with Gasteiger partial charge >= 0.3 is 5.97 Å². The number of imidazole rings is 1. The summed E-state index contributed by atoms with van der Waals surface area (Å²) in [6.45, 7) is 1.81. The molecule has 21 heavy (non-hydrogen) atoms. The van der Waals surface area contributed by atoms with E-state index in [2.05, 4.69) is 9.97 Å². The molecule has 4 nitrogen and oxygen atoms in total. The number of H-pyrrole nitrogens is 1. The predicted molar refractivity (Wildman–Crippen MR) is 77.6 cm³/mol. The maximum absolute atomic E-state index is 13.2. The maximum Gasteiger partial charge on any atom is 0.340 e. The van der Waals surface area contributed by atoms with Gasteiger partial charge in [-0.1, -0.05) is 6.07 Å². The summed E-state index contributed by atoms with van der Waals surface area (Å²) >= 11 is 0. The monoisotopic (exact) mass is 284 g/mol. The number of methoxy groups -OCH3 is 1. The molecule has 0 radical (unpaired) electrons. The molecule has 0 unspecified atom stereocenters. The number of hydrogen-bond acceptors (Lipinski definition) is 3. The van der Waals surface area contributed by atoms with E-state index in [4.69, 9.17) is 4.74 Å². The Labute approximate surface area is 120 Å². The Morgan fingerprint density at radius 2 is 2.10 bits per heavy atom. The second-order valence-electron chi connectivity index (χ2n) is 4.74. The van der Waals surface area contributed by atoms with Gasteiger partial charge in [-0.15, -0.1) is 0 Å². The van der Waals surface area contributed by atoms with Crippen molar-refractivity contribution in [2.75, 3.05) is 7.11 Å². The van der Waals surface area contributed by atoms with E-state index < -0.39 is 5.97 Å². The molecule has 0 spiro atoms. The maximum atomic E-state index is 13.2. The molecule has 0 aliphatic rings. The van der Waals surface area contributed by atoms with Crippen molar-refractivity contribution in [2.24, 2.45) is 0 Å². The number of fused-ring (bicyclic) bond motifs is 1. The first-order chi connectivity index (χ1) is 10.1. The molecule has 0 atom stereocenters. The fraction of sp³-hybridized carbons (Fsp3) is 0.125. The molecule has 3 aromatic rings. The van der Waals surface area contributed by atoms with Crippen LogP contribution < -0.4 is 0 Å². The lowest BCUT2D eigenvalue weighted by Gasteiger charge is -2.01. The smallest absolute Gasteiger partial charge is 0.340 e. The predicted octanol–water partition coefficient (Wildman–Crippen LogP) is 3.46. The van der Waals surface area contributed by atoms with Crippen molar-refractivity contribution in [1.82, 2.24) is 9.97 Å². The molecule has 0 saturated carbocycles. The van der Waals surface area contributed by atoms with Gasteiger partial charge in [0.25, 0.3) is 0 Å². The molecule has 0 bridgehead atoms. The Hall–Kier alpha value is -2.69. The average molecular weight is 284 g/mol. The van der Waals surface area contributed by atoms with E-state index in [9.17, 15) is 9.18 Å². The van der Waals surface area contributed by atoms with E-state index in [0.29, 0.717) is 16.9 Å². The average Bonchev–Trinajstić information content (AvgIpc) is 2.89.